The number of hydrogen-bond donors (Lipinski definition) is 2. The molecule has 0 unspecified atom stereocenters. The predicted octanol–water partition coefficient (Wildman–Crippen LogP) is 1.29. The molecular weight excluding hydrogens is 299 g/mol. The SMILES string of the molecule is O=S(=O)(NCCC(F)(F)F)c1ccc(OCCO)cc1. The van der Waals surface area contributed by atoms with E-state index in [-0.39, 0.29) is 18.1 Å². The third-order valence-corrected chi connectivity index (χ3v) is 3.67. The van der Waals surface area contributed by atoms with Crippen molar-refractivity contribution in [2.75, 3.05) is 19.8 Å². The summed E-state index contributed by atoms with van der Waals surface area (Å²) >= 11 is 0. The van der Waals surface area contributed by atoms with Gasteiger partial charge < -0.3 is 9.84 Å². The number of aliphatic hydroxyl groups excluding tert-OH is 1. The minimum absolute atomic E-state index is 0.0654. The highest BCUT2D eigenvalue weighted by atomic mass is 32.2. The highest BCUT2D eigenvalue weighted by Crippen LogP contribution is 2.19. The molecule has 1 aromatic carbocycles. The number of halogens is 3. The lowest BCUT2D eigenvalue weighted by molar-refractivity contribution is -0.132. The molecule has 0 aliphatic heterocycles. The second-order valence-electron chi connectivity index (χ2n) is 3.81. The third-order valence-electron chi connectivity index (χ3n) is 2.19. The van der Waals surface area contributed by atoms with Gasteiger partial charge in [0.25, 0.3) is 0 Å². The maximum Gasteiger partial charge on any atom is 0.390 e. The van der Waals surface area contributed by atoms with Crippen molar-refractivity contribution in [3.63, 3.8) is 0 Å². The fraction of sp³-hybridized carbons (Fsp3) is 0.455. The lowest BCUT2D eigenvalue weighted by atomic mass is 10.3. The maximum absolute atomic E-state index is 11.9. The number of benzene rings is 1. The average molecular weight is 313 g/mol. The Bertz CT molecular complexity index is 513. The molecule has 0 amide bonds. The van der Waals surface area contributed by atoms with Crippen molar-refractivity contribution in [3.05, 3.63) is 24.3 Å². The summed E-state index contributed by atoms with van der Waals surface area (Å²) in [6, 6.07) is 5.13. The number of alkyl halides is 3. The van der Waals surface area contributed by atoms with Crippen LogP contribution in [0.25, 0.3) is 0 Å². The van der Waals surface area contributed by atoms with Crippen LogP contribution in [0.3, 0.4) is 0 Å². The molecule has 9 heteroatoms. The Kier molecular flexibility index (Phi) is 5.78. The van der Waals surface area contributed by atoms with E-state index in [1.807, 2.05) is 4.72 Å². The molecule has 0 aromatic heterocycles. The zero-order valence-electron chi connectivity index (χ0n) is 10.4. The first-order valence-electron chi connectivity index (χ1n) is 5.65. The van der Waals surface area contributed by atoms with Gasteiger partial charge in [-0.2, -0.15) is 13.2 Å². The lowest BCUT2D eigenvalue weighted by Gasteiger charge is -2.09. The van der Waals surface area contributed by atoms with E-state index < -0.39 is 29.2 Å². The quantitative estimate of drug-likeness (QED) is 0.795. The molecule has 5 nitrogen and oxygen atoms in total. The van der Waals surface area contributed by atoms with E-state index >= 15 is 0 Å². The highest BCUT2D eigenvalue weighted by Gasteiger charge is 2.27. The van der Waals surface area contributed by atoms with Crippen LogP contribution < -0.4 is 9.46 Å². The molecule has 0 saturated carbocycles. The zero-order chi connectivity index (χ0) is 15.2. The van der Waals surface area contributed by atoms with Crippen molar-refractivity contribution < 1.29 is 31.4 Å². The first-order valence-corrected chi connectivity index (χ1v) is 7.13. The van der Waals surface area contributed by atoms with E-state index in [0.717, 1.165) is 0 Å². The van der Waals surface area contributed by atoms with E-state index in [9.17, 15) is 21.6 Å². The van der Waals surface area contributed by atoms with Crippen LogP contribution in [0.1, 0.15) is 6.42 Å². The molecule has 0 heterocycles. The number of sulfonamides is 1. The predicted molar refractivity (Wildman–Crippen MR) is 64.9 cm³/mol. The van der Waals surface area contributed by atoms with Crippen molar-refractivity contribution in [2.24, 2.45) is 0 Å². The van der Waals surface area contributed by atoms with Gasteiger partial charge >= 0.3 is 6.18 Å². The van der Waals surface area contributed by atoms with Gasteiger partial charge in [0.15, 0.2) is 0 Å². The molecule has 0 saturated heterocycles. The van der Waals surface area contributed by atoms with Gasteiger partial charge in [0.1, 0.15) is 12.4 Å². The van der Waals surface area contributed by atoms with Crippen LogP contribution in [0, 0.1) is 0 Å². The first-order chi connectivity index (χ1) is 9.24. The number of hydrogen-bond acceptors (Lipinski definition) is 4. The third kappa shape index (κ3) is 5.76. The van der Waals surface area contributed by atoms with Crippen LogP contribution in [-0.2, 0) is 10.0 Å². The van der Waals surface area contributed by atoms with Crippen molar-refractivity contribution in [2.45, 2.75) is 17.5 Å². The monoisotopic (exact) mass is 313 g/mol. The summed E-state index contributed by atoms with van der Waals surface area (Å²) in [5.41, 5.74) is 0. The Hall–Kier alpha value is -1.32. The van der Waals surface area contributed by atoms with Crippen LogP contribution in [0.5, 0.6) is 5.75 Å². The molecule has 0 bridgehead atoms. The van der Waals surface area contributed by atoms with Crippen molar-refractivity contribution in [1.82, 2.24) is 4.72 Å². The Morgan fingerprint density at radius 2 is 1.80 bits per heavy atom. The topological polar surface area (TPSA) is 75.6 Å². The van der Waals surface area contributed by atoms with E-state index in [0.29, 0.717) is 5.75 Å². The largest absolute Gasteiger partial charge is 0.491 e. The van der Waals surface area contributed by atoms with Gasteiger partial charge in [-0.1, -0.05) is 0 Å². The molecule has 1 aromatic rings. The molecular formula is C11H14F3NO4S. The normalized spacial score (nSPS) is 12.4. The van der Waals surface area contributed by atoms with Gasteiger partial charge in [-0.15, -0.1) is 0 Å². The fourth-order valence-corrected chi connectivity index (χ4v) is 2.32. The molecule has 0 fully saturated rings. The van der Waals surface area contributed by atoms with Gasteiger partial charge in [-0.3, -0.25) is 0 Å². The summed E-state index contributed by atoms with van der Waals surface area (Å²) in [6.07, 6.45) is -5.64. The van der Waals surface area contributed by atoms with Crippen molar-refractivity contribution >= 4 is 10.0 Å². The Morgan fingerprint density at radius 3 is 2.30 bits per heavy atom. The Balaban J connectivity index is 2.63. The summed E-state index contributed by atoms with van der Waals surface area (Å²) in [4.78, 5) is -0.156. The van der Waals surface area contributed by atoms with Gasteiger partial charge in [0.05, 0.1) is 17.9 Å². The summed E-state index contributed by atoms with van der Waals surface area (Å²) in [7, 11) is -3.97. The summed E-state index contributed by atoms with van der Waals surface area (Å²) < 4.78 is 66.1. The molecule has 0 spiro atoms. The van der Waals surface area contributed by atoms with Crippen LogP contribution >= 0.6 is 0 Å². The minimum atomic E-state index is -4.41. The maximum atomic E-state index is 11.9. The molecule has 0 radical (unpaired) electrons. The van der Waals surface area contributed by atoms with Crippen LogP contribution in [0.2, 0.25) is 0 Å². The summed E-state index contributed by atoms with van der Waals surface area (Å²) in [6.45, 7) is -0.830. The van der Waals surface area contributed by atoms with Crippen molar-refractivity contribution in [1.29, 1.82) is 0 Å². The first kappa shape index (κ1) is 16.7. The van der Waals surface area contributed by atoms with Crippen molar-refractivity contribution in [3.8, 4) is 5.75 Å². The molecule has 20 heavy (non-hydrogen) atoms. The summed E-state index contributed by atoms with van der Waals surface area (Å²) in [5, 5.41) is 8.55. The van der Waals surface area contributed by atoms with E-state index in [4.69, 9.17) is 9.84 Å². The van der Waals surface area contributed by atoms with Gasteiger partial charge in [-0.05, 0) is 24.3 Å². The van der Waals surface area contributed by atoms with Crippen LogP contribution in [0.4, 0.5) is 13.2 Å². The number of aliphatic hydroxyl groups is 1. The van der Waals surface area contributed by atoms with E-state index in [1.54, 1.807) is 0 Å². The minimum Gasteiger partial charge on any atom is -0.491 e. The van der Waals surface area contributed by atoms with E-state index in [1.165, 1.54) is 24.3 Å². The molecule has 114 valence electrons. The second kappa shape index (κ2) is 6.91. The van der Waals surface area contributed by atoms with Gasteiger partial charge in [-0.25, -0.2) is 13.1 Å². The molecule has 1 rings (SSSR count). The van der Waals surface area contributed by atoms with Gasteiger partial charge in [0.2, 0.25) is 10.0 Å². The van der Waals surface area contributed by atoms with E-state index in [2.05, 4.69) is 0 Å². The van der Waals surface area contributed by atoms with Crippen LogP contribution in [-0.4, -0.2) is 39.5 Å². The lowest BCUT2D eigenvalue weighted by Crippen LogP contribution is -2.28. The second-order valence-corrected chi connectivity index (χ2v) is 5.57. The zero-order valence-corrected chi connectivity index (χ0v) is 11.2. The number of ether oxygens (including phenoxy) is 1. The van der Waals surface area contributed by atoms with Crippen LogP contribution in [0.15, 0.2) is 29.2 Å². The standard InChI is InChI=1S/C11H14F3NO4S/c12-11(13,14)5-6-15-20(17,18)10-3-1-9(2-4-10)19-8-7-16/h1-4,15-16H,5-8H2. The van der Waals surface area contributed by atoms with Gasteiger partial charge in [0, 0.05) is 6.54 Å². The highest BCUT2D eigenvalue weighted by molar-refractivity contribution is 7.89. The number of rotatable bonds is 7. The molecule has 2 N–H and O–H groups in total. The molecule has 0 atom stereocenters. The molecule has 0 aliphatic carbocycles. The Labute approximate surface area is 114 Å². The molecule has 0 aliphatic rings. The Morgan fingerprint density at radius 1 is 1.20 bits per heavy atom. The number of nitrogens with one attached hydrogen (secondary N) is 1. The summed E-state index contributed by atoms with van der Waals surface area (Å²) in [5.74, 6) is 0.355. The fourth-order valence-electron chi connectivity index (χ4n) is 1.29. The smallest absolute Gasteiger partial charge is 0.390 e. The average Bonchev–Trinajstić information content (AvgIpc) is 2.35.